The fourth-order valence-electron chi connectivity index (χ4n) is 6.16. The monoisotopic (exact) mass is 511 g/mol. The minimum absolute atomic E-state index is 0.849. The molecule has 3 aromatic heterocycles. The van der Waals surface area contributed by atoms with E-state index >= 15 is 0 Å². The van der Waals surface area contributed by atoms with Gasteiger partial charge in [-0.3, -0.25) is 4.98 Å². The molecule has 0 spiro atoms. The Morgan fingerprint density at radius 3 is 1.80 bits per heavy atom. The molecule has 0 atom stereocenters. The van der Waals surface area contributed by atoms with Gasteiger partial charge < -0.3 is 8.83 Å². The number of pyridine rings is 1. The van der Waals surface area contributed by atoms with Crippen LogP contribution in [0.2, 0.25) is 0 Å². The van der Waals surface area contributed by atoms with Crippen LogP contribution in [0.5, 0.6) is 0 Å². The number of benzene rings is 6. The standard InChI is InChI=1S/C37H21NO2/c1-2-8-22(9-3-1)31-18-27(14-15-38-31)35-36-30-17-24-11-5-7-13-26(24)20-33(30)39-34(36)21-29-28-16-23-10-4-6-12-25(23)19-32(28)40-37(29)35/h1-21H. The molecule has 0 N–H and O–H groups in total. The van der Waals surface area contributed by atoms with Crippen molar-refractivity contribution in [3.05, 3.63) is 128 Å². The second-order valence-corrected chi connectivity index (χ2v) is 10.4. The first kappa shape index (κ1) is 21.5. The number of hydrogen-bond acceptors (Lipinski definition) is 3. The molecule has 186 valence electrons. The van der Waals surface area contributed by atoms with E-state index in [0.717, 1.165) is 77.0 Å². The Morgan fingerprint density at radius 2 is 1.07 bits per heavy atom. The van der Waals surface area contributed by atoms with Crippen molar-refractivity contribution < 1.29 is 8.83 Å². The van der Waals surface area contributed by atoms with Gasteiger partial charge in [-0.1, -0.05) is 78.9 Å². The minimum atomic E-state index is 0.849. The maximum absolute atomic E-state index is 6.74. The predicted octanol–water partition coefficient (Wildman–Crippen LogP) is 10.5. The second-order valence-electron chi connectivity index (χ2n) is 10.4. The van der Waals surface area contributed by atoms with Crippen molar-refractivity contribution in [2.24, 2.45) is 0 Å². The van der Waals surface area contributed by atoms with Crippen molar-refractivity contribution in [3.63, 3.8) is 0 Å². The van der Waals surface area contributed by atoms with Crippen LogP contribution in [0.25, 0.3) is 87.8 Å². The number of hydrogen-bond donors (Lipinski definition) is 0. The van der Waals surface area contributed by atoms with E-state index in [2.05, 4.69) is 103 Å². The highest BCUT2D eigenvalue weighted by atomic mass is 16.3. The van der Waals surface area contributed by atoms with Crippen molar-refractivity contribution in [2.75, 3.05) is 0 Å². The van der Waals surface area contributed by atoms with Crippen LogP contribution >= 0.6 is 0 Å². The van der Waals surface area contributed by atoms with E-state index in [1.807, 2.05) is 24.4 Å². The molecule has 0 fully saturated rings. The molecular weight excluding hydrogens is 490 g/mol. The van der Waals surface area contributed by atoms with Gasteiger partial charge in [-0.05, 0) is 69.6 Å². The molecular formula is C37H21NO2. The van der Waals surface area contributed by atoms with Crippen molar-refractivity contribution in [1.82, 2.24) is 4.98 Å². The van der Waals surface area contributed by atoms with E-state index < -0.39 is 0 Å². The summed E-state index contributed by atoms with van der Waals surface area (Å²) < 4.78 is 13.3. The maximum Gasteiger partial charge on any atom is 0.144 e. The van der Waals surface area contributed by atoms with Crippen LogP contribution in [-0.2, 0) is 0 Å². The predicted molar refractivity (Wildman–Crippen MR) is 165 cm³/mol. The van der Waals surface area contributed by atoms with Gasteiger partial charge >= 0.3 is 0 Å². The van der Waals surface area contributed by atoms with Gasteiger partial charge in [0.25, 0.3) is 0 Å². The van der Waals surface area contributed by atoms with Gasteiger partial charge in [-0.2, -0.15) is 0 Å². The van der Waals surface area contributed by atoms with E-state index in [1.165, 1.54) is 10.8 Å². The fraction of sp³-hybridized carbons (Fsp3) is 0. The molecule has 0 saturated carbocycles. The lowest BCUT2D eigenvalue weighted by Gasteiger charge is -2.08. The molecule has 3 nitrogen and oxygen atoms in total. The highest BCUT2D eigenvalue weighted by Crippen LogP contribution is 2.46. The molecule has 0 saturated heterocycles. The minimum Gasteiger partial charge on any atom is -0.456 e. The van der Waals surface area contributed by atoms with Crippen molar-refractivity contribution in [3.8, 4) is 22.4 Å². The second kappa shape index (κ2) is 8.05. The van der Waals surface area contributed by atoms with Crippen molar-refractivity contribution >= 4 is 65.4 Å². The number of nitrogens with zero attached hydrogens (tertiary/aromatic N) is 1. The SMILES string of the molecule is c1ccc(-c2cc(-c3c4oc5cc6ccccc6cc5c4cc4oc5cc6ccccc6cc5c34)ccn2)cc1. The fourth-order valence-corrected chi connectivity index (χ4v) is 6.16. The Labute approximate surface area is 228 Å². The van der Waals surface area contributed by atoms with Crippen molar-refractivity contribution in [1.29, 1.82) is 0 Å². The lowest BCUT2D eigenvalue weighted by Crippen LogP contribution is -1.87. The van der Waals surface area contributed by atoms with E-state index in [1.54, 1.807) is 0 Å². The summed E-state index contributed by atoms with van der Waals surface area (Å²) in [4.78, 5) is 4.71. The third-order valence-corrected chi connectivity index (χ3v) is 8.05. The van der Waals surface area contributed by atoms with Gasteiger partial charge in [-0.25, -0.2) is 0 Å². The van der Waals surface area contributed by atoms with E-state index in [0.29, 0.717) is 0 Å². The topological polar surface area (TPSA) is 39.2 Å². The summed E-state index contributed by atoms with van der Waals surface area (Å²) in [6.45, 7) is 0. The molecule has 0 aliphatic heterocycles. The maximum atomic E-state index is 6.74. The molecule has 40 heavy (non-hydrogen) atoms. The zero-order valence-corrected chi connectivity index (χ0v) is 21.4. The summed E-state index contributed by atoms with van der Waals surface area (Å²) in [6.07, 6.45) is 1.89. The molecule has 9 aromatic rings. The Bertz CT molecular complexity index is 2410. The highest BCUT2D eigenvalue weighted by molar-refractivity contribution is 6.25. The molecule has 3 heteroatoms. The molecule has 0 radical (unpaired) electrons. The third kappa shape index (κ3) is 3.09. The van der Waals surface area contributed by atoms with Gasteiger partial charge in [0, 0.05) is 38.9 Å². The summed E-state index contributed by atoms with van der Waals surface area (Å²) >= 11 is 0. The molecule has 0 amide bonds. The number of rotatable bonds is 2. The lowest BCUT2D eigenvalue weighted by molar-refractivity contribution is 0.665. The Kier molecular flexibility index (Phi) is 4.33. The number of aromatic nitrogens is 1. The number of fused-ring (bicyclic) bond motifs is 8. The molecule has 6 aromatic carbocycles. The average Bonchev–Trinajstić information content (AvgIpc) is 3.54. The Hall–Kier alpha value is -5.41. The summed E-state index contributed by atoms with van der Waals surface area (Å²) in [7, 11) is 0. The first-order chi connectivity index (χ1) is 19.8. The molecule has 0 bridgehead atoms. The van der Waals surface area contributed by atoms with Gasteiger partial charge in [0.2, 0.25) is 0 Å². The quantitative estimate of drug-likeness (QED) is 0.232. The average molecular weight is 512 g/mol. The lowest BCUT2D eigenvalue weighted by atomic mass is 9.95. The summed E-state index contributed by atoms with van der Waals surface area (Å²) in [5.41, 5.74) is 7.52. The molecule has 3 heterocycles. The molecule has 0 aliphatic rings. The van der Waals surface area contributed by atoms with Crippen LogP contribution in [0.4, 0.5) is 0 Å². The number of furan rings is 2. The Balaban J connectivity index is 1.45. The smallest absolute Gasteiger partial charge is 0.144 e. The summed E-state index contributed by atoms with van der Waals surface area (Å²) in [5.74, 6) is 0. The first-order valence-corrected chi connectivity index (χ1v) is 13.4. The van der Waals surface area contributed by atoms with Crippen LogP contribution in [0, 0.1) is 0 Å². The van der Waals surface area contributed by atoms with Gasteiger partial charge in [0.1, 0.15) is 22.3 Å². The van der Waals surface area contributed by atoms with Crippen LogP contribution in [0.1, 0.15) is 0 Å². The largest absolute Gasteiger partial charge is 0.456 e. The van der Waals surface area contributed by atoms with Crippen LogP contribution in [0.15, 0.2) is 136 Å². The van der Waals surface area contributed by atoms with Crippen LogP contribution in [-0.4, -0.2) is 4.98 Å². The van der Waals surface area contributed by atoms with E-state index in [9.17, 15) is 0 Å². The van der Waals surface area contributed by atoms with E-state index in [-0.39, 0.29) is 0 Å². The molecule has 0 aliphatic carbocycles. The zero-order chi connectivity index (χ0) is 26.2. The molecule has 9 rings (SSSR count). The summed E-state index contributed by atoms with van der Waals surface area (Å²) in [6, 6.07) is 42.3. The first-order valence-electron chi connectivity index (χ1n) is 13.4. The van der Waals surface area contributed by atoms with Gasteiger partial charge in [0.15, 0.2) is 0 Å². The Morgan fingerprint density at radius 1 is 0.450 bits per heavy atom. The van der Waals surface area contributed by atoms with Crippen LogP contribution in [0.3, 0.4) is 0 Å². The third-order valence-electron chi connectivity index (χ3n) is 8.05. The van der Waals surface area contributed by atoms with Crippen LogP contribution < -0.4 is 0 Å². The highest BCUT2D eigenvalue weighted by Gasteiger charge is 2.22. The molecule has 0 unspecified atom stereocenters. The normalized spacial score (nSPS) is 12.0. The van der Waals surface area contributed by atoms with Gasteiger partial charge in [0.05, 0.1) is 5.69 Å². The van der Waals surface area contributed by atoms with Gasteiger partial charge in [-0.15, -0.1) is 0 Å². The van der Waals surface area contributed by atoms with E-state index in [4.69, 9.17) is 13.8 Å². The summed E-state index contributed by atoms with van der Waals surface area (Å²) in [5, 5.41) is 8.95. The van der Waals surface area contributed by atoms with Crippen molar-refractivity contribution in [2.45, 2.75) is 0 Å². The zero-order valence-electron chi connectivity index (χ0n) is 21.4.